The zero-order valence-electron chi connectivity index (χ0n) is 17.0. The molecule has 0 amide bonds. The number of hydrogen-bond acceptors (Lipinski definition) is 7. The number of para-hydroxylation sites is 2. The van der Waals surface area contributed by atoms with E-state index in [2.05, 4.69) is 34.5 Å². The molecule has 158 valence electrons. The normalized spacial score (nSPS) is 16.1. The molecule has 1 saturated heterocycles. The average molecular weight is 443 g/mol. The zero-order chi connectivity index (χ0) is 20.8. The summed E-state index contributed by atoms with van der Waals surface area (Å²) in [5.74, 6) is 0.772. The molecule has 6 nitrogen and oxygen atoms in total. The zero-order valence-corrected chi connectivity index (χ0v) is 18.6. The van der Waals surface area contributed by atoms with Gasteiger partial charge in [0.2, 0.25) is 5.13 Å². The molecule has 2 heterocycles. The monoisotopic (exact) mass is 442 g/mol. The number of methoxy groups -OCH3 is 1. The van der Waals surface area contributed by atoms with E-state index in [0.717, 1.165) is 53.1 Å². The van der Waals surface area contributed by atoms with Crippen LogP contribution in [-0.4, -0.2) is 41.0 Å². The second kappa shape index (κ2) is 10.2. The van der Waals surface area contributed by atoms with Crippen molar-refractivity contribution in [3.8, 4) is 5.75 Å². The molecule has 0 aliphatic carbocycles. The van der Waals surface area contributed by atoms with E-state index in [1.54, 1.807) is 7.11 Å². The van der Waals surface area contributed by atoms with Crippen molar-refractivity contribution in [2.24, 2.45) is 0 Å². The first-order valence-electron chi connectivity index (χ1n) is 10.1. The Morgan fingerprint density at radius 1 is 1.23 bits per heavy atom. The molecule has 4 rings (SSSR count). The van der Waals surface area contributed by atoms with Gasteiger partial charge < -0.3 is 14.8 Å². The minimum Gasteiger partial charge on any atom is -0.495 e. The summed E-state index contributed by atoms with van der Waals surface area (Å²) in [5.41, 5.74) is 2.14. The van der Waals surface area contributed by atoms with Gasteiger partial charge in [-0.2, -0.15) is 0 Å². The van der Waals surface area contributed by atoms with Crippen LogP contribution in [0.4, 0.5) is 10.8 Å². The number of rotatable bonds is 9. The lowest BCUT2D eigenvalue weighted by molar-refractivity contribution is 0.0569. The molecule has 1 aliphatic heterocycles. The number of nitrogens with zero attached hydrogens (tertiary/aromatic N) is 3. The lowest BCUT2D eigenvalue weighted by Gasteiger charge is -2.25. The molecule has 1 unspecified atom stereocenters. The van der Waals surface area contributed by atoms with Crippen molar-refractivity contribution in [2.75, 3.05) is 25.6 Å². The molecule has 1 atom stereocenters. The van der Waals surface area contributed by atoms with Crippen molar-refractivity contribution in [3.63, 3.8) is 0 Å². The summed E-state index contributed by atoms with van der Waals surface area (Å²) in [6.07, 6.45) is 2.51. The van der Waals surface area contributed by atoms with Crippen LogP contribution in [0.1, 0.15) is 18.4 Å². The summed E-state index contributed by atoms with van der Waals surface area (Å²) in [4.78, 5) is 2.35. The Balaban J connectivity index is 1.50. The van der Waals surface area contributed by atoms with Crippen LogP contribution >= 0.6 is 23.6 Å². The van der Waals surface area contributed by atoms with E-state index >= 15 is 0 Å². The minimum atomic E-state index is 0.271. The highest BCUT2D eigenvalue weighted by atomic mass is 32.1. The standard InChI is InChI=1S/C22H26N4O2S2/c1-27-20-12-6-5-11-19(20)23-21-24-26(22(29)30-21)16-25(15-18-10-7-13-28-18)14-17-8-3-2-4-9-17/h2-6,8-9,11-12,18H,7,10,13-16H2,1H3,(H,23,24). The van der Waals surface area contributed by atoms with Crippen molar-refractivity contribution in [2.45, 2.75) is 32.2 Å². The highest BCUT2D eigenvalue weighted by molar-refractivity contribution is 7.73. The number of aromatic nitrogens is 2. The van der Waals surface area contributed by atoms with Gasteiger partial charge in [-0.1, -0.05) is 53.8 Å². The molecule has 0 spiro atoms. The highest BCUT2D eigenvalue weighted by Crippen LogP contribution is 2.28. The van der Waals surface area contributed by atoms with E-state index in [9.17, 15) is 0 Å². The third kappa shape index (κ3) is 5.46. The van der Waals surface area contributed by atoms with Crippen LogP contribution in [0, 0.1) is 3.95 Å². The molecule has 0 radical (unpaired) electrons. The first kappa shape index (κ1) is 21.0. The molecular formula is C22H26N4O2S2. The first-order valence-corrected chi connectivity index (χ1v) is 11.3. The highest BCUT2D eigenvalue weighted by Gasteiger charge is 2.20. The van der Waals surface area contributed by atoms with E-state index < -0.39 is 0 Å². The summed E-state index contributed by atoms with van der Waals surface area (Å²) in [7, 11) is 1.66. The van der Waals surface area contributed by atoms with Crippen molar-refractivity contribution >= 4 is 34.4 Å². The van der Waals surface area contributed by atoms with Crippen LogP contribution in [0.15, 0.2) is 54.6 Å². The smallest absolute Gasteiger partial charge is 0.209 e. The number of anilines is 2. The van der Waals surface area contributed by atoms with Crippen LogP contribution in [-0.2, 0) is 18.0 Å². The maximum atomic E-state index is 5.88. The van der Waals surface area contributed by atoms with Crippen molar-refractivity contribution in [1.29, 1.82) is 0 Å². The van der Waals surface area contributed by atoms with Crippen molar-refractivity contribution < 1.29 is 9.47 Å². The summed E-state index contributed by atoms with van der Waals surface area (Å²) >= 11 is 7.07. The van der Waals surface area contributed by atoms with Gasteiger partial charge in [-0.25, -0.2) is 4.68 Å². The Bertz CT molecular complexity index is 1000. The Hall–Kier alpha value is -2.26. The van der Waals surface area contributed by atoms with Crippen molar-refractivity contribution in [3.05, 3.63) is 64.1 Å². The van der Waals surface area contributed by atoms with Gasteiger partial charge in [0.1, 0.15) is 5.75 Å². The van der Waals surface area contributed by atoms with Gasteiger partial charge in [-0.05, 0) is 42.8 Å². The number of benzene rings is 2. The van der Waals surface area contributed by atoms with Gasteiger partial charge in [0.25, 0.3) is 0 Å². The van der Waals surface area contributed by atoms with Gasteiger partial charge in [0.15, 0.2) is 3.95 Å². The maximum absolute atomic E-state index is 5.88. The van der Waals surface area contributed by atoms with Crippen LogP contribution in [0.2, 0.25) is 0 Å². The molecule has 1 aromatic heterocycles. The van der Waals surface area contributed by atoms with E-state index in [0.29, 0.717) is 6.67 Å². The number of ether oxygens (including phenoxy) is 2. The minimum absolute atomic E-state index is 0.271. The van der Waals surface area contributed by atoms with Gasteiger partial charge in [0, 0.05) is 19.7 Å². The molecule has 0 bridgehead atoms. The largest absolute Gasteiger partial charge is 0.495 e. The fourth-order valence-electron chi connectivity index (χ4n) is 3.59. The Morgan fingerprint density at radius 2 is 2.03 bits per heavy atom. The molecule has 1 N–H and O–H groups in total. The third-order valence-corrected chi connectivity index (χ3v) is 6.25. The molecule has 30 heavy (non-hydrogen) atoms. The molecule has 2 aromatic carbocycles. The predicted octanol–water partition coefficient (Wildman–Crippen LogP) is 5.06. The second-order valence-corrected chi connectivity index (χ2v) is 8.89. The Labute approximate surface area is 186 Å². The quantitative estimate of drug-likeness (QED) is 0.467. The maximum Gasteiger partial charge on any atom is 0.209 e. The summed E-state index contributed by atoms with van der Waals surface area (Å²) in [6, 6.07) is 18.3. The van der Waals surface area contributed by atoms with E-state index in [-0.39, 0.29) is 6.10 Å². The SMILES string of the molecule is COc1ccccc1Nc1nn(CN(Cc2ccccc2)CC2CCCO2)c(=S)s1. The van der Waals surface area contributed by atoms with Crippen LogP contribution in [0.5, 0.6) is 5.75 Å². The van der Waals surface area contributed by atoms with Gasteiger partial charge >= 0.3 is 0 Å². The topological polar surface area (TPSA) is 51.5 Å². The van der Waals surface area contributed by atoms with E-state index in [1.165, 1.54) is 16.9 Å². The van der Waals surface area contributed by atoms with Gasteiger partial charge in [0.05, 0.1) is 25.6 Å². The van der Waals surface area contributed by atoms with Crippen LogP contribution < -0.4 is 10.1 Å². The van der Waals surface area contributed by atoms with E-state index in [1.807, 2.05) is 35.0 Å². The number of hydrogen-bond donors (Lipinski definition) is 1. The fraction of sp³-hybridized carbons (Fsp3) is 0.364. The molecule has 8 heteroatoms. The second-order valence-electron chi connectivity index (χ2n) is 7.27. The predicted molar refractivity (Wildman–Crippen MR) is 123 cm³/mol. The number of nitrogens with one attached hydrogen (secondary N) is 1. The van der Waals surface area contributed by atoms with Gasteiger partial charge in [-0.15, -0.1) is 5.10 Å². The summed E-state index contributed by atoms with van der Waals surface area (Å²) in [6.45, 7) is 3.17. The van der Waals surface area contributed by atoms with Crippen LogP contribution in [0.3, 0.4) is 0 Å². The molecule has 0 saturated carbocycles. The summed E-state index contributed by atoms with van der Waals surface area (Å²) < 4.78 is 13.9. The molecule has 1 fully saturated rings. The third-order valence-electron chi connectivity index (χ3n) is 5.02. The fourth-order valence-corrected chi connectivity index (χ4v) is 4.59. The summed E-state index contributed by atoms with van der Waals surface area (Å²) in [5, 5.41) is 8.80. The lowest BCUT2D eigenvalue weighted by Crippen LogP contribution is -2.33. The lowest BCUT2D eigenvalue weighted by atomic mass is 10.2. The van der Waals surface area contributed by atoms with E-state index in [4.69, 9.17) is 26.8 Å². The first-order chi connectivity index (χ1) is 14.7. The van der Waals surface area contributed by atoms with Crippen molar-refractivity contribution in [1.82, 2.24) is 14.7 Å². The molecular weight excluding hydrogens is 416 g/mol. The van der Waals surface area contributed by atoms with Crippen LogP contribution in [0.25, 0.3) is 0 Å². The Kier molecular flexibility index (Phi) is 7.11. The Morgan fingerprint density at radius 3 is 2.80 bits per heavy atom. The molecule has 1 aliphatic rings. The van der Waals surface area contributed by atoms with Gasteiger partial charge in [-0.3, -0.25) is 4.90 Å². The molecule has 3 aromatic rings. The average Bonchev–Trinajstić information content (AvgIpc) is 3.39.